The molecule has 2 aromatic rings. The van der Waals surface area contributed by atoms with Gasteiger partial charge in [0.2, 0.25) is 5.91 Å². The zero-order valence-electron chi connectivity index (χ0n) is 16.1. The highest BCUT2D eigenvalue weighted by Crippen LogP contribution is 2.29. The molecule has 7 heteroatoms. The molecule has 6 nitrogen and oxygen atoms in total. The third kappa shape index (κ3) is 4.81. The van der Waals surface area contributed by atoms with Crippen molar-refractivity contribution >= 4 is 33.4 Å². The van der Waals surface area contributed by atoms with Gasteiger partial charge < -0.3 is 10.2 Å². The number of aryl methyl sites for hydroxylation is 1. The first-order valence-corrected chi connectivity index (χ1v) is 9.33. The molecule has 138 valence electrons. The van der Waals surface area contributed by atoms with Crippen LogP contribution in [0.5, 0.6) is 0 Å². The van der Waals surface area contributed by atoms with E-state index in [4.69, 9.17) is 0 Å². The van der Waals surface area contributed by atoms with Crippen molar-refractivity contribution in [2.45, 2.75) is 53.6 Å². The third-order valence-corrected chi connectivity index (χ3v) is 4.73. The molecule has 0 aliphatic rings. The second kappa shape index (κ2) is 7.15. The van der Waals surface area contributed by atoms with Crippen molar-refractivity contribution in [2.24, 2.45) is 5.92 Å². The van der Waals surface area contributed by atoms with Crippen LogP contribution in [0.25, 0.3) is 10.2 Å². The van der Waals surface area contributed by atoms with Crippen molar-refractivity contribution in [1.82, 2.24) is 20.0 Å². The van der Waals surface area contributed by atoms with Gasteiger partial charge in [-0.2, -0.15) is 5.10 Å². The van der Waals surface area contributed by atoms with Crippen LogP contribution in [0.3, 0.4) is 0 Å². The lowest BCUT2D eigenvalue weighted by molar-refractivity contribution is -0.122. The van der Waals surface area contributed by atoms with Crippen LogP contribution in [0, 0.1) is 12.8 Å². The Morgan fingerprint density at radius 3 is 2.56 bits per heavy atom. The van der Waals surface area contributed by atoms with E-state index in [1.807, 2.05) is 38.4 Å². The number of carbonyl (C=O) groups excluding carboxylic acids is 2. The molecule has 2 heterocycles. The number of fused-ring (bicyclic) bond motifs is 1. The van der Waals surface area contributed by atoms with E-state index in [-0.39, 0.29) is 23.9 Å². The Morgan fingerprint density at radius 2 is 2.00 bits per heavy atom. The predicted molar refractivity (Wildman–Crippen MR) is 102 cm³/mol. The van der Waals surface area contributed by atoms with Crippen LogP contribution in [-0.2, 0) is 11.3 Å². The standard InChI is InChI=1S/C18H28N4O2S/c1-11(2)9-22-17-13(12(3)20-22)8-14(25-17)16(24)21(7)10-15(23)19-18(4,5)6/h8,11H,9-10H2,1-7H3,(H,19,23). The van der Waals surface area contributed by atoms with Crippen LogP contribution >= 0.6 is 11.3 Å². The maximum atomic E-state index is 12.7. The predicted octanol–water partition coefficient (Wildman–Crippen LogP) is 3.05. The minimum Gasteiger partial charge on any atom is -0.350 e. The summed E-state index contributed by atoms with van der Waals surface area (Å²) in [6, 6.07) is 1.89. The van der Waals surface area contributed by atoms with Gasteiger partial charge in [-0.05, 0) is 39.7 Å². The number of aromatic nitrogens is 2. The smallest absolute Gasteiger partial charge is 0.264 e. The number of nitrogens with one attached hydrogen (secondary N) is 1. The molecule has 0 aliphatic carbocycles. The lowest BCUT2D eigenvalue weighted by atomic mass is 10.1. The second-order valence-electron chi connectivity index (χ2n) is 7.95. The lowest BCUT2D eigenvalue weighted by Crippen LogP contribution is -2.46. The van der Waals surface area contributed by atoms with Gasteiger partial charge >= 0.3 is 0 Å². The summed E-state index contributed by atoms with van der Waals surface area (Å²) in [5.41, 5.74) is 0.620. The number of likely N-dealkylation sites (N-methyl/N-ethyl adjacent to an activating group) is 1. The van der Waals surface area contributed by atoms with Crippen molar-refractivity contribution in [1.29, 1.82) is 0 Å². The highest BCUT2D eigenvalue weighted by Gasteiger charge is 2.22. The lowest BCUT2D eigenvalue weighted by Gasteiger charge is -2.23. The molecule has 0 atom stereocenters. The summed E-state index contributed by atoms with van der Waals surface area (Å²) in [5, 5.41) is 8.45. The summed E-state index contributed by atoms with van der Waals surface area (Å²) >= 11 is 1.44. The molecule has 2 rings (SSSR count). The van der Waals surface area contributed by atoms with E-state index >= 15 is 0 Å². The molecule has 1 N–H and O–H groups in total. The van der Waals surface area contributed by atoms with Gasteiger partial charge in [0, 0.05) is 24.5 Å². The average molecular weight is 365 g/mol. The summed E-state index contributed by atoms with van der Waals surface area (Å²) in [5.74, 6) is 0.180. The summed E-state index contributed by atoms with van der Waals surface area (Å²) in [6.45, 7) is 12.9. The number of carbonyl (C=O) groups is 2. The van der Waals surface area contributed by atoms with E-state index in [9.17, 15) is 9.59 Å². The number of thiophene rings is 1. The average Bonchev–Trinajstić information content (AvgIpc) is 2.97. The number of hydrogen-bond acceptors (Lipinski definition) is 4. The van der Waals surface area contributed by atoms with E-state index in [1.165, 1.54) is 16.2 Å². The Bertz CT molecular complexity index is 783. The normalized spacial score (nSPS) is 12.0. The molecule has 2 amide bonds. The fourth-order valence-electron chi connectivity index (χ4n) is 2.62. The molecular formula is C18H28N4O2S. The van der Waals surface area contributed by atoms with Gasteiger partial charge in [0.25, 0.3) is 5.91 Å². The fraction of sp³-hybridized carbons (Fsp3) is 0.611. The summed E-state index contributed by atoms with van der Waals surface area (Å²) in [6.07, 6.45) is 0. The Hall–Kier alpha value is -1.89. The zero-order chi connectivity index (χ0) is 18.9. The summed E-state index contributed by atoms with van der Waals surface area (Å²) in [7, 11) is 1.65. The highest BCUT2D eigenvalue weighted by atomic mass is 32.1. The van der Waals surface area contributed by atoms with Crippen molar-refractivity contribution in [3.05, 3.63) is 16.6 Å². The van der Waals surface area contributed by atoms with Crippen molar-refractivity contribution in [3.8, 4) is 0 Å². The Balaban J connectivity index is 2.17. The molecule has 0 unspecified atom stereocenters. The maximum Gasteiger partial charge on any atom is 0.264 e. The molecular weight excluding hydrogens is 336 g/mol. The SMILES string of the molecule is Cc1nn(CC(C)C)c2sc(C(=O)N(C)CC(=O)NC(C)(C)C)cc12. The van der Waals surface area contributed by atoms with Crippen LogP contribution in [0.1, 0.15) is 50.0 Å². The van der Waals surface area contributed by atoms with E-state index in [0.29, 0.717) is 10.8 Å². The minimum absolute atomic E-state index is 0.0431. The molecule has 0 fully saturated rings. The topological polar surface area (TPSA) is 67.2 Å². The minimum atomic E-state index is -0.310. The van der Waals surface area contributed by atoms with Gasteiger partial charge in [0.15, 0.2) is 0 Å². The van der Waals surface area contributed by atoms with Gasteiger partial charge in [0.05, 0.1) is 17.1 Å². The van der Waals surface area contributed by atoms with Crippen LogP contribution < -0.4 is 5.32 Å². The number of nitrogens with zero attached hydrogens (tertiary/aromatic N) is 3. The number of amides is 2. The van der Waals surface area contributed by atoms with Gasteiger partial charge in [-0.1, -0.05) is 13.8 Å². The number of hydrogen-bond donors (Lipinski definition) is 1. The molecule has 0 aromatic carbocycles. The van der Waals surface area contributed by atoms with Crippen LogP contribution in [0.15, 0.2) is 6.07 Å². The molecule has 25 heavy (non-hydrogen) atoms. The molecule has 0 radical (unpaired) electrons. The molecule has 0 aliphatic heterocycles. The van der Waals surface area contributed by atoms with Crippen LogP contribution in [0.4, 0.5) is 0 Å². The van der Waals surface area contributed by atoms with Crippen molar-refractivity contribution in [3.63, 3.8) is 0 Å². The zero-order valence-corrected chi connectivity index (χ0v) is 17.0. The molecule has 0 saturated carbocycles. The third-order valence-electron chi connectivity index (χ3n) is 3.60. The first-order chi connectivity index (χ1) is 11.5. The van der Waals surface area contributed by atoms with Gasteiger partial charge in [-0.25, -0.2) is 0 Å². The van der Waals surface area contributed by atoms with Crippen LogP contribution in [-0.4, -0.2) is 45.6 Å². The monoisotopic (exact) mass is 364 g/mol. The maximum absolute atomic E-state index is 12.7. The van der Waals surface area contributed by atoms with E-state index in [1.54, 1.807) is 7.05 Å². The van der Waals surface area contributed by atoms with E-state index in [0.717, 1.165) is 22.5 Å². The van der Waals surface area contributed by atoms with Gasteiger partial charge in [-0.3, -0.25) is 14.3 Å². The van der Waals surface area contributed by atoms with Crippen molar-refractivity contribution in [2.75, 3.05) is 13.6 Å². The van der Waals surface area contributed by atoms with E-state index in [2.05, 4.69) is 24.3 Å². The molecule has 0 spiro atoms. The quantitative estimate of drug-likeness (QED) is 0.887. The number of rotatable bonds is 5. The Morgan fingerprint density at radius 1 is 1.36 bits per heavy atom. The van der Waals surface area contributed by atoms with Crippen molar-refractivity contribution < 1.29 is 9.59 Å². The van der Waals surface area contributed by atoms with Crippen LogP contribution in [0.2, 0.25) is 0 Å². The second-order valence-corrected chi connectivity index (χ2v) is 8.98. The Labute approximate surface area is 153 Å². The molecule has 2 aromatic heterocycles. The van der Waals surface area contributed by atoms with Gasteiger partial charge in [0.1, 0.15) is 4.83 Å². The largest absolute Gasteiger partial charge is 0.350 e. The summed E-state index contributed by atoms with van der Waals surface area (Å²) in [4.78, 5) is 27.8. The van der Waals surface area contributed by atoms with E-state index < -0.39 is 0 Å². The molecule has 0 bridgehead atoms. The molecule has 0 saturated heterocycles. The Kier molecular flexibility index (Phi) is 5.56. The van der Waals surface area contributed by atoms with Gasteiger partial charge in [-0.15, -0.1) is 11.3 Å². The highest BCUT2D eigenvalue weighted by molar-refractivity contribution is 7.20. The fourth-order valence-corrected chi connectivity index (χ4v) is 3.79. The first-order valence-electron chi connectivity index (χ1n) is 8.51. The first kappa shape index (κ1) is 19.4. The summed E-state index contributed by atoms with van der Waals surface area (Å²) < 4.78 is 1.98.